The van der Waals surface area contributed by atoms with Gasteiger partial charge in [0.05, 0.1) is 6.61 Å². The molecule has 2 N–H and O–H groups in total. The van der Waals surface area contributed by atoms with Crippen LogP contribution < -0.4 is 15.4 Å². The normalized spacial score (nSPS) is 13.9. The summed E-state index contributed by atoms with van der Waals surface area (Å²) in [5, 5.41) is 6.32. The summed E-state index contributed by atoms with van der Waals surface area (Å²) in [6.07, 6.45) is 2.94. The van der Waals surface area contributed by atoms with E-state index in [0.717, 1.165) is 38.9 Å². The van der Waals surface area contributed by atoms with Gasteiger partial charge in [-0.15, -0.1) is 24.0 Å². The van der Waals surface area contributed by atoms with Crippen molar-refractivity contribution in [1.29, 1.82) is 0 Å². The van der Waals surface area contributed by atoms with Crippen LogP contribution in [0.15, 0.2) is 29.3 Å². The number of rotatable bonds is 8. The number of nitrogens with zero attached hydrogens (tertiary/aromatic N) is 2. The largest absolute Gasteiger partial charge is 0.494 e. The third-order valence-electron chi connectivity index (χ3n) is 3.87. The number of carbonyl (C=O) groups excluding carboxylic acids is 1. The summed E-state index contributed by atoms with van der Waals surface area (Å²) < 4.78 is 18.3. The Bertz CT molecular complexity index is 563. The Labute approximate surface area is 171 Å². The zero-order valence-corrected chi connectivity index (χ0v) is 17.5. The van der Waals surface area contributed by atoms with E-state index in [1.54, 1.807) is 12.1 Å². The van der Waals surface area contributed by atoms with Crippen LogP contribution in [-0.4, -0.2) is 56.1 Å². The summed E-state index contributed by atoms with van der Waals surface area (Å²) in [6.45, 7) is 5.77. The van der Waals surface area contributed by atoms with E-state index in [9.17, 15) is 9.18 Å². The minimum absolute atomic E-state index is 0. The molecule has 0 atom stereocenters. The van der Waals surface area contributed by atoms with Crippen molar-refractivity contribution in [1.82, 2.24) is 15.5 Å². The minimum Gasteiger partial charge on any atom is -0.494 e. The van der Waals surface area contributed by atoms with Crippen LogP contribution in [0.1, 0.15) is 26.2 Å². The van der Waals surface area contributed by atoms with Crippen LogP contribution in [0.5, 0.6) is 5.75 Å². The van der Waals surface area contributed by atoms with Crippen molar-refractivity contribution in [3.05, 3.63) is 30.1 Å². The number of amides is 1. The molecule has 6 nitrogen and oxygen atoms in total. The van der Waals surface area contributed by atoms with Crippen LogP contribution in [-0.2, 0) is 4.79 Å². The van der Waals surface area contributed by atoms with Crippen molar-refractivity contribution in [2.24, 2.45) is 4.99 Å². The lowest BCUT2D eigenvalue weighted by Gasteiger charge is -2.15. The number of likely N-dealkylation sites (tertiary alicyclic amines) is 1. The molecule has 1 aromatic rings. The number of benzene rings is 1. The van der Waals surface area contributed by atoms with Crippen LogP contribution in [0.3, 0.4) is 0 Å². The monoisotopic (exact) mass is 478 g/mol. The lowest BCUT2D eigenvalue weighted by atomic mass is 10.3. The molecule has 146 valence electrons. The fourth-order valence-corrected chi connectivity index (χ4v) is 2.55. The van der Waals surface area contributed by atoms with Gasteiger partial charge in [0.15, 0.2) is 5.96 Å². The van der Waals surface area contributed by atoms with E-state index in [0.29, 0.717) is 24.9 Å². The van der Waals surface area contributed by atoms with Gasteiger partial charge in [0.2, 0.25) is 5.91 Å². The van der Waals surface area contributed by atoms with Crippen molar-refractivity contribution in [2.75, 3.05) is 39.3 Å². The van der Waals surface area contributed by atoms with Gasteiger partial charge in [-0.05, 0) is 50.5 Å². The average Bonchev–Trinajstić information content (AvgIpc) is 3.15. The number of halogens is 2. The third-order valence-corrected chi connectivity index (χ3v) is 3.87. The lowest BCUT2D eigenvalue weighted by Crippen LogP contribution is -2.39. The molecule has 1 aromatic carbocycles. The molecule has 26 heavy (non-hydrogen) atoms. The van der Waals surface area contributed by atoms with E-state index in [1.807, 2.05) is 11.8 Å². The van der Waals surface area contributed by atoms with E-state index in [2.05, 4.69) is 15.6 Å². The van der Waals surface area contributed by atoms with Crippen molar-refractivity contribution in [3.63, 3.8) is 0 Å². The van der Waals surface area contributed by atoms with Gasteiger partial charge < -0.3 is 20.3 Å². The van der Waals surface area contributed by atoms with E-state index in [1.165, 1.54) is 12.1 Å². The summed E-state index contributed by atoms with van der Waals surface area (Å²) >= 11 is 0. The Balaban J connectivity index is 0.00000338. The highest BCUT2D eigenvalue weighted by Crippen LogP contribution is 2.11. The van der Waals surface area contributed by atoms with Crippen LogP contribution >= 0.6 is 24.0 Å². The fraction of sp³-hybridized carbons (Fsp3) is 0.556. The Kier molecular flexibility index (Phi) is 11.0. The van der Waals surface area contributed by atoms with Gasteiger partial charge in [-0.3, -0.25) is 4.79 Å². The Morgan fingerprint density at radius 2 is 1.92 bits per heavy atom. The predicted octanol–water partition coefficient (Wildman–Crippen LogP) is 2.39. The smallest absolute Gasteiger partial charge is 0.244 e. The highest BCUT2D eigenvalue weighted by atomic mass is 127. The number of aliphatic imine (C=N–C) groups is 1. The molecule has 1 saturated heterocycles. The molecule has 0 unspecified atom stereocenters. The Hall–Kier alpha value is -1.58. The van der Waals surface area contributed by atoms with Crippen LogP contribution in [0.25, 0.3) is 0 Å². The first kappa shape index (κ1) is 22.5. The number of carbonyl (C=O) groups is 1. The quantitative estimate of drug-likeness (QED) is 0.261. The number of guanidine groups is 1. The maximum absolute atomic E-state index is 12.8. The van der Waals surface area contributed by atoms with Crippen LogP contribution in [0, 0.1) is 5.82 Å². The lowest BCUT2D eigenvalue weighted by molar-refractivity contribution is -0.128. The summed E-state index contributed by atoms with van der Waals surface area (Å²) in [7, 11) is 0. The number of hydrogen-bond donors (Lipinski definition) is 2. The summed E-state index contributed by atoms with van der Waals surface area (Å²) in [6, 6.07) is 5.97. The maximum atomic E-state index is 12.8. The highest BCUT2D eigenvalue weighted by Gasteiger charge is 2.17. The highest BCUT2D eigenvalue weighted by molar-refractivity contribution is 14.0. The molecule has 0 saturated carbocycles. The van der Waals surface area contributed by atoms with Gasteiger partial charge in [-0.2, -0.15) is 0 Å². The standard InChI is InChI=1S/C18H27FN4O2.HI/c1-2-20-18(22-14-17(24)23-11-3-4-12-23)21-10-5-13-25-16-8-6-15(19)7-9-16;/h6-9H,2-5,10-14H2,1H3,(H2,20,21,22);1H. The predicted molar refractivity (Wildman–Crippen MR) is 112 cm³/mol. The first-order valence-electron chi connectivity index (χ1n) is 8.87. The molecule has 1 heterocycles. The second-order valence-corrected chi connectivity index (χ2v) is 5.87. The molecule has 0 spiro atoms. The van der Waals surface area contributed by atoms with Gasteiger partial charge in [0, 0.05) is 26.2 Å². The molecule has 0 radical (unpaired) electrons. The molecule has 2 rings (SSSR count). The molecule has 0 bridgehead atoms. The van der Waals surface area contributed by atoms with Gasteiger partial charge in [0.1, 0.15) is 18.1 Å². The van der Waals surface area contributed by atoms with Crippen molar-refractivity contribution in [2.45, 2.75) is 26.2 Å². The molecule has 0 aliphatic carbocycles. The van der Waals surface area contributed by atoms with E-state index >= 15 is 0 Å². The van der Waals surface area contributed by atoms with Crippen molar-refractivity contribution < 1.29 is 13.9 Å². The zero-order chi connectivity index (χ0) is 17.9. The number of ether oxygens (including phenoxy) is 1. The van der Waals surface area contributed by atoms with Gasteiger partial charge in [-0.25, -0.2) is 9.38 Å². The first-order valence-corrected chi connectivity index (χ1v) is 8.87. The van der Waals surface area contributed by atoms with E-state index in [4.69, 9.17) is 4.74 Å². The maximum Gasteiger partial charge on any atom is 0.244 e. The van der Waals surface area contributed by atoms with Crippen LogP contribution in [0.4, 0.5) is 4.39 Å². The van der Waals surface area contributed by atoms with Gasteiger partial charge >= 0.3 is 0 Å². The summed E-state index contributed by atoms with van der Waals surface area (Å²) in [5.74, 6) is 1.09. The SMILES string of the molecule is CCNC(=NCC(=O)N1CCCC1)NCCCOc1ccc(F)cc1.I. The van der Waals surface area contributed by atoms with Gasteiger partial charge in [0.25, 0.3) is 0 Å². The Morgan fingerprint density at radius 3 is 2.58 bits per heavy atom. The molecule has 1 fully saturated rings. The van der Waals surface area contributed by atoms with E-state index < -0.39 is 0 Å². The molecule has 8 heteroatoms. The minimum atomic E-state index is -0.274. The summed E-state index contributed by atoms with van der Waals surface area (Å²) in [4.78, 5) is 18.2. The van der Waals surface area contributed by atoms with E-state index in [-0.39, 0.29) is 42.2 Å². The topological polar surface area (TPSA) is 66.0 Å². The molecular formula is C18H28FIN4O2. The number of nitrogens with one attached hydrogen (secondary N) is 2. The van der Waals surface area contributed by atoms with Crippen LogP contribution in [0.2, 0.25) is 0 Å². The second-order valence-electron chi connectivity index (χ2n) is 5.87. The summed E-state index contributed by atoms with van der Waals surface area (Å²) in [5.41, 5.74) is 0. The fourth-order valence-electron chi connectivity index (χ4n) is 2.55. The van der Waals surface area contributed by atoms with Gasteiger partial charge in [-0.1, -0.05) is 0 Å². The molecular weight excluding hydrogens is 450 g/mol. The first-order chi connectivity index (χ1) is 12.2. The van der Waals surface area contributed by atoms with Crippen molar-refractivity contribution in [3.8, 4) is 5.75 Å². The molecule has 1 aliphatic rings. The molecule has 0 aromatic heterocycles. The third kappa shape index (κ3) is 8.20. The van der Waals surface area contributed by atoms with Crippen molar-refractivity contribution >= 4 is 35.8 Å². The molecule has 1 amide bonds. The second kappa shape index (κ2) is 12.7. The Morgan fingerprint density at radius 1 is 1.23 bits per heavy atom. The molecule has 1 aliphatic heterocycles. The average molecular weight is 478 g/mol. The number of hydrogen-bond acceptors (Lipinski definition) is 3. The zero-order valence-electron chi connectivity index (χ0n) is 15.2.